The molecule has 3 rings (SSSR count). The molecule has 2 unspecified atom stereocenters. The summed E-state index contributed by atoms with van der Waals surface area (Å²) in [6.07, 6.45) is -4.45. The highest BCUT2D eigenvalue weighted by atomic mass is 19.4. The van der Waals surface area contributed by atoms with Gasteiger partial charge in [0.2, 0.25) is 5.88 Å². The van der Waals surface area contributed by atoms with Crippen molar-refractivity contribution in [2.24, 2.45) is 0 Å². The largest absolute Gasteiger partial charge is 0.473 e. The molecule has 0 aromatic carbocycles. The van der Waals surface area contributed by atoms with Crippen molar-refractivity contribution in [3.05, 3.63) is 23.9 Å². The smallest absolute Gasteiger partial charge is 0.414 e. The first-order chi connectivity index (χ1) is 11.3. The Morgan fingerprint density at radius 3 is 2.96 bits per heavy atom. The lowest BCUT2D eigenvalue weighted by atomic mass is 10.1. The number of hydrogen-bond acceptors (Lipinski definition) is 4. The molecule has 0 bridgehead atoms. The van der Waals surface area contributed by atoms with Crippen LogP contribution in [0.15, 0.2) is 18.3 Å². The third kappa shape index (κ3) is 3.55. The van der Waals surface area contributed by atoms with Gasteiger partial charge in [-0.2, -0.15) is 18.3 Å². The van der Waals surface area contributed by atoms with Gasteiger partial charge in [0.25, 0.3) is 5.91 Å². The van der Waals surface area contributed by atoms with Crippen LogP contribution in [0.5, 0.6) is 5.88 Å². The van der Waals surface area contributed by atoms with Crippen LogP contribution < -0.4 is 10.1 Å². The molecule has 6 nitrogen and oxygen atoms in total. The maximum atomic E-state index is 12.5. The number of hydrogen-bond donors (Lipinski definition) is 1. The van der Waals surface area contributed by atoms with Gasteiger partial charge in [0.05, 0.1) is 18.8 Å². The van der Waals surface area contributed by atoms with Gasteiger partial charge in [0.15, 0.2) is 6.10 Å². The summed E-state index contributed by atoms with van der Waals surface area (Å²) in [5.74, 6) is 0.0169. The van der Waals surface area contributed by atoms with Crippen molar-refractivity contribution in [2.75, 3.05) is 13.2 Å². The Morgan fingerprint density at radius 2 is 2.25 bits per heavy atom. The first kappa shape index (κ1) is 16.8. The number of carbonyl (C=O) groups excluding carboxylic acids is 1. The summed E-state index contributed by atoms with van der Waals surface area (Å²) in [6.45, 7) is 4.86. The van der Waals surface area contributed by atoms with Crippen molar-refractivity contribution in [3.8, 4) is 5.88 Å². The number of alkyl halides is 3. The Balaban J connectivity index is 1.48. The summed E-state index contributed by atoms with van der Waals surface area (Å²) in [5.41, 5.74) is 1.16. The van der Waals surface area contributed by atoms with Gasteiger partial charge in [0.1, 0.15) is 12.2 Å². The predicted octanol–water partition coefficient (Wildman–Crippen LogP) is 2.06. The maximum Gasteiger partial charge on any atom is 0.414 e. The fraction of sp³-hybridized carbons (Fsp3) is 0.600. The third-order valence-corrected chi connectivity index (χ3v) is 4.05. The van der Waals surface area contributed by atoms with Gasteiger partial charge >= 0.3 is 6.18 Å². The van der Waals surface area contributed by atoms with Crippen LogP contribution in [0.1, 0.15) is 29.6 Å². The zero-order valence-electron chi connectivity index (χ0n) is 12.9. The van der Waals surface area contributed by atoms with Crippen LogP contribution in [0.4, 0.5) is 13.2 Å². The highest BCUT2D eigenvalue weighted by Gasteiger charge is 2.45. The van der Waals surface area contributed by atoms with E-state index in [0.717, 1.165) is 5.57 Å². The monoisotopic (exact) mass is 345 g/mol. The lowest BCUT2D eigenvalue weighted by Crippen LogP contribution is -2.31. The minimum Gasteiger partial charge on any atom is -0.473 e. The molecule has 1 fully saturated rings. The van der Waals surface area contributed by atoms with Crippen LogP contribution in [0, 0.1) is 0 Å². The summed E-state index contributed by atoms with van der Waals surface area (Å²) in [7, 11) is 0. The van der Waals surface area contributed by atoms with Crippen molar-refractivity contribution < 1.29 is 27.4 Å². The summed E-state index contributed by atoms with van der Waals surface area (Å²) in [4.78, 5) is 12.2. The highest BCUT2D eigenvalue weighted by molar-refractivity contribution is 5.96. The van der Waals surface area contributed by atoms with E-state index in [1.54, 1.807) is 4.68 Å². The Bertz CT molecular complexity index is 642. The molecule has 132 valence electrons. The van der Waals surface area contributed by atoms with E-state index in [-0.39, 0.29) is 18.9 Å². The zero-order chi connectivity index (χ0) is 17.3. The molecule has 2 aliphatic heterocycles. The molecular formula is C15H18F3N3O3. The minimum atomic E-state index is -4.32. The fourth-order valence-corrected chi connectivity index (χ4v) is 2.82. The number of fused-ring (bicyclic) bond motifs is 1. The average Bonchev–Trinajstić information content (AvgIpc) is 3.12. The van der Waals surface area contributed by atoms with E-state index in [0.29, 0.717) is 37.4 Å². The van der Waals surface area contributed by atoms with Crippen LogP contribution in [0.2, 0.25) is 0 Å². The van der Waals surface area contributed by atoms with E-state index < -0.39 is 18.4 Å². The van der Waals surface area contributed by atoms with Crippen molar-refractivity contribution in [1.82, 2.24) is 15.1 Å². The Labute approximate surface area is 136 Å². The SMILES string of the molecule is C=C1COc2c(C(=O)NCCC3CCC(C(F)(F)F)O3)cnn2C1. The lowest BCUT2D eigenvalue weighted by molar-refractivity contribution is -0.215. The molecule has 0 saturated carbocycles. The molecule has 2 atom stereocenters. The standard InChI is InChI=1S/C15H18F3N3O3/c1-9-7-21-14(23-8-9)11(6-20-21)13(22)19-5-4-10-2-3-12(24-10)15(16,17)18/h6,10,12H,1-5,7-8H2,(H,19,22). The van der Waals surface area contributed by atoms with E-state index >= 15 is 0 Å². The molecular weight excluding hydrogens is 327 g/mol. The van der Waals surface area contributed by atoms with Crippen LogP contribution in [-0.2, 0) is 11.3 Å². The highest BCUT2D eigenvalue weighted by Crippen LogP contribution is 2.34. The molecule has 1 saturated heterocycles. The van der Waals surface area contributed by atoms with Crippen molar-refractivity contribution in [1.29, 1.82) is 0 Å². The zero-order valence-corrected chi connectivity index (χ0v) is 12.9. The van der Waals surface area contributed by atoms with E-state index in [2.05, 4.69) is 17.0 Å². The first-order valence-corrected chi connectivity index (χ1v) is 7.70. The Kier molecular flexibility index (Phi) is 4.53. The van der Waals surface area contributed by atoms with E-state index in [1.165, 1.54) is 6.20 Å². The lowest BCUT2D eigenvalue weighted by Gasteiger charge is -2.18. The molecule has 24 heavy (non-hydrogen) atoms. The second kappa shape index (κ2) is 6.46. The second-order valence-electron chi connectivity index (χ2n) is 5.97. The number of nitrogens with one attached hydrogen (secondary N) is 1. The van der Waals surface area contributed by atoms with Gasteiger partial charge in [-0.1, -0.05) is 6.58 Å². The number of rotatable bonds is 4. The van der Waals surface area contributed by atoms with Crippen molar-refractivity contribution in [3.63, 3.8) is 0 Å². The summed E-state index contributed by atoms with van der Waals surface area (Å²) < 4.78 is 49.6. The number of carbonyl (C=O) groups is 1. The van der Waals surface area contributed by atoms with Crippen molar-refractivity contribution in [2.45, 2.75) is 44.2 Å². The molecule has 9 heteroatoms. The molecule has 1 amide bonds. The second-order valence-corrected chi connectivity index (χ2v) is 5.97. The van der Waals surface area contributed by atoms with E-state index in [4.69, 9.17) is 9.47 Å². The van der Waals surface area contributed by atoms with E-state index in [9.17, 15) is 18.0 Å². The quantitative estimate of drug-likeness (QED) is 0.849. The van der Waals surface area contributed by atoms with Crippen LogP contribution in [-0.4, -0.2) is 47.2 Å². The number of aromatic nitrogens is 2. The summed E-state index contributed by atoms with van der Waals surface area (Å²) in [6, 6.07) is 0. The summed E-state index contributed by atoms with van der Waals surface area (Å²) >= 11 is 0. The fourth-order valence-electron chi connectivity index (χ4n) is 2.82. The van der Waals surface area contributed by atoms with Gasteiger partial charge in [-0.3, -0.25) is 4.79 Å². The molecule has 0 aliphatic carbocycles. The number of halogens is 3. The van der Waals surface area contributed by atoms with Gasteiger partial charge < -0.3 is 14.8 Å². The Morgan fingerprint density at radius 1 is 1.46 bits per heavy atom. The van der Waals surface area contributed by atoms with Gasteiger partial charge in [0, 0.05) is 6.54 Å². The first-order valence-electron chi connectivity index (χ1n) is 7.70. The Hall–Kier alpha value is -2.03. The summed E-state index contributed by atoms with van der Waals surface area (Å²) in [5, 5.41) is 6.74. The van der Waals surface area contributed by atoms with Gasteiger partial charge in [-0.25, -0.2) is 4.68 Å². The number of ether oxygens (including phenoxy) is 2. The number of amides is 1. The average molecular weight is 345 g/mol. The molecule has 1 aromatic heterocycles. The van der Waals surface area contributed by atoms with Crippen LogP contribution in [0.25, 0.3) is 0 Å². The van der Waals surface area contributed by atoms with Crippen molar-refractivity contribution >= 4 is 5.91 Å². The molecule has 0 radical (unpaired) electrons. The molecule has 1 N–H and O–H groups in total. The molecule has 3 heterocycles. The van der Waals surface area contributed by atoms with Crippen LogP contribution >= 0.6 is 0 Å². The van der Waals surface area contributed by atoms with Gasteiger partial charge in [-0.05, 0) is 24.8 Å². The molecule has 2 aliphatic rings. The maximum absolute atomic E-state index is 12.5. The molecule has 1 aromatic rings. The topological polar surface area (TPSA) is 65.4 Å². The van der Waals surface area contributed by atoms with Gasteiger partial charge in [-0.15, -0.1) is 0 Å². The van der Waals surface area contributed by atoms with Crippen LogP contribution in [0.3, 0.4) is 0 Å². The minimum absolute atomic E-state index is 0.0310. The predicted molar refractivity (Wildman–Crippen MR) is 77.8 cm³/mol. The third-order valence-electron chi connectivity index (χ3n) is 4.05. The normalized spacial score (nSPS) is 23.7. The molecule has 0 spiro atoms. The number of nitrogens with zero attached hydrogens (tertiary/aromatic N) is 2. The van der Waals surface area contributed by atoms with E-state index in [1.807, 2.05) is 0 Å².